The van der Waals surface area contributed by atoms with Gasteiger partial charge in [-0.3, -0.25) is 4.79 Å². The first kappa shape index (κ1) is 17.5. The van der Waals surface area contributed by atoms with Crippen molar-refractivity contribution in [3.05, 3.63) is 29.8 Å². The fourth-order valence-corrected chi connectivity index (χ4v) is 2.39. The minimum atomic E-state index is -0.807. The number of nitrogens with two attached hydrogens (primary N) is 1. The van der Waals surface area contributed by atoms with E-state index < -0.39 is 5.54 Å². The normalized spacial score (nSPS) is 15.5. The number of hydrogen-bond acceptors (Lipinski definition) is 4. The highest BCUT2D eigenvalue weighted by Gasteiger charge is 2.33. The van der Waals surface area contributed by atoms with Gasteiger partial charge in [0.25, 0.3) is 0 Å². The molecule has 0 aliphatic rings. The highest BCUT2D eigenvalue weighted by Crippen LogP contribution is 2.19. The number of ether oxygens (including phenoxy) is 1. The lowest BCUT2D eigenvalue weighted by molar-refractivity contribution is -0.125. The van der Waals surface area contributed by atoms with E-state index in [1.807, 2.05) is 32.9 Å². The average molecular weight is 294 g/mol. The van der Waals surface area contributed by atoms with Crippen molar-refractivity contribution in [1.82, 2.24) is 5.32 Å². The lowest BCUT2D eigenvalue weighted by Crippen LogP contribution is -2.57. The minimum Gasteiger partial charge on any atom is -0.491 e. The molecule has 0 radical (unpaired) electrons. The maximum atomic E-state index is 11.7. The monoisotopic (exact) mass is 294 g/mol. The summed E-state index contributed by atoms with van der Waals surface area (Å²) in [6, 6.07) is 7.38. The van der Waals surface area contributed by atoms with E-state index in [0.717, 1.165) is 5.56 Å². The van der Waals surface area contributed by atoms with Crippen LogP contribution in [-0.2, 0) is 11.4 Å². The Hall–Kier alpha value is -1.59. The third-order valence-electron chi connectivity index (χ3n) is 3.29. The Kier molecular flexibility index (Phi) is 6.18. The van der Waals surface area contributed by atoms with Crippen molar-refractivity contribution < 1.29 is 14.6 Å². The molecule has 0 saturated carbocycles. The third kappa shape index (κ3) is 5.36. The summed E-state index contributed by atoms with van der Waals surface area (Å²) in [6.45, 7) is 7.65. The number of nitrogens with one attached hydrogen (secondary N) is 1. The first-order chi connectivity index (χ1) is 9.76. The lowest BCUT2D eigenvalue weighted by atomic mass is 9.93. The second-order valence-corrected chi connectivity index (χ2v) is 5.93. The van der Waals surface area contributed by atoms with Gasteiger partial charge in [0, 0.05) is 12.5 Å². The van der Waals surface area contributed by atoms with Gasteiger partial charge in [0.1, 0.15) is 5.75 Å². The van der Waals surface area contributed by atoms with E-state index >= 15 is 0 Å². The van der Waals surface area contributed by atoms with Crippen molar-refractivity contribution in [2.75, 3.05) is 0 Å². The molecule has 0 aromatic heterocycles. The van der Waals surface area contributed by atoms with Gasteiger partial charge in [0.15, 0.2) is 0 Å². The third-order valence-corrected chi connectivity index (χ3v) is 3.29. The number of carbonyl (C=O) groups is 1. The Labute approximate surface area is 126 Å². The van der Waals surface area contributed by atoms with Crippen molar-refractivity contribution in [3.8, 4) is 5.75 Å². The first-order valence-corrected chi connectivity index (χ1v) is 7.21. The molecule has 5 nitrogen and oxygen atoms in total. The Morgan fingerprint density at radius 3 is 2.33 bits per heavy atom. The molecular weight excluding hydrogens is 268 g/mol. The molecule has 1 rings (SSSR count). The van der Waals surface area contributed by atoms with Gasteiger partial charge in [-0.2, -0.15) is 0 Å². The SMILES string of the molecule is CC(C)NC(C)(CC(C)Oc1ccc(CO)cc1)C(N)=O. The zero-order valence-electron chi connectivity index (χ0n) is 13.2. The van der Waals surface area contributed by atoms with E-state index in [1.54, 1.807) is 19.1 Å². The second kappa shape index (κ2) is 7.43. The topological polar surface area (TPSA) is 84.6 Å². The predicted octanol–water partition coefficient (Wildman–Crippen LogP) is 1.58. The van der Waals surface area contributed by atoms with E-state index in [1.165, 1.54) is 0 Å². The van der Waals surface area contributed by atoms with Gasteiger partial charge in [-0.1, -0.05) is 12.1 Å². The molecule has 0 saturated heterocycles. The zero-order chi connectivity index (χ0) is 16.0. The fourth-order valence-electron chi connectivity index (χ4n) is 2.39. The van der Waals surface area contributed by atoms with Gasteiger partial charge in [-0.15, -0.1) is 0 Å². The van der Waals surface area contributed by atoms with Crippen LogP contribution < -0.4 is 15.8 Å². The number of primary amides is 1. The average Bonchev–Trinajstić information content (AvgIpc) is 2.38. The standard InChI is InChI=1S/C16H26N2O3/c1-11(2)18-16(4,15(17)20)9-12(3)21-14-7-5-13(10-19)6-8-14/h5-8,11-12,18-19H,9-10H2,1-4H3,(H2,17,20). The Balaban J connectivity index is 2.68. The molecule has 1 amide bonds. The van der Waals surface area contributed by atoms with E-state index in [-0.39, 0.29) is 24.7 Å². The molecule has 1 aromatic carbocycles. The minimum absolute atomic E-state index is 0.00783. The summed E-state index contributed by atoms with van der Waals surface area (Å²) in [6.07, 6.45) is 0.302. The highest BCUT2D eigenvalue weighted by atomic mass is 16.5. The van der Waals surface area contributed by atoms with Gasteiger partial charge in [-0.25, -0.2) is 0 Å². The predicted molar refractivity (Wildman–Crippen MR) is 82.9 cm³/mol. The van der Waals surface area contributed by atoms with Gasteiger partial charge in [0.2, 0.25) is 5.91 Å². The Morgan fingerprint density at radius 1 is 1.33 bits per heavy atom. The molecule has 0 fully saturated rings. The van der Waals surface area contributed by atoms with Gasteiger partial charge >= 0.3 is 0 Å². The van der Waals surface area contributed by atoms with Crippen LogP contribution in [0.5, 0.6) is 5.75 Å². The van der Waals surface area contributed by atoms with Crippen LogP contribution in [0.3, 0.4) is 0 Å². The number of rotatable bonds is 8. The molecule has 0 aliphatic carbocycles. The van der Waals surface area contributed by atoms with Gasteiger partial charge in [0.05, 0.1) is 18.2 Å². The smallest absolute Gasteiger partial charge is 0.237 e. The van der Waals surface area contributed by atoms with Gasteiger partial charge in [-0.05, 0) is 45.4 Å². The molecule has 4 N–H and O–H groups in total. The summed E-state index contributed by atoms with van der Waals surface area (Å²) in [7, 11) is 0. The molecule has 0 bridgehead atoms. The van der Waals surface area contributed by atoms with E-state index in [0.29, 0.717) is 12.2 Å². The van der Waals surface area contributed by atoms with Crippen molar-refractivity contribution in [2.24, 2.45) is 5.73 Å². The lowest BCUT2D eigenvalue weighted by Gasteiger charge is -2.32. The summed E-state index contributed by atoms with van der Waals surface area (Å²) in [4.78, 5) is 11.7. The van der Waals surface area contributed by atoms with E-state index in [9.17, 15) is 4.79 Å². The van der Waals surface area contributed by atoms with Crippen LogP contribution in [0.15, 0.2) is 24.3 Å². The largest absolute Gasteiger partial charge is 0.491 e. The number of aliphatic hydroxyl groups excluding tert-OH is 1. The number of carbonyl (C=O) groups excluding carboxylic acids is 1. The van der Waals surface area contributed by atoms with Crippen molar-refractivity contribution in [3.63, 3.8) is 0 Å². The van der Waals surface area contributed by atoms with Crippen LogP contribution in [0.2, 0.25) is 0 Å². The number of amides is 1. The maximum Gasteiger partial charge on any atom is 0.237 e. The molecule has 0 spiro atoms. The van der Waals surface area contributed by atoms with Crippen LogP contribution in [0, 0.1) is 0 Å². The molecule has 21 heavy (non-hydrogen) atoms. The van der Waals surface area contributed by atoms with Crippen LogP contribution in [0.1, 0.15) is 39.7 Å². The molecule has 118 valence electrons. The molecule has 2 unspecified atom stereocenters. The number of benzene rings is 1. The van der Waals surface area contributed by atoms with Crippen LogP contribution in [0.4, 0.5) is 0 Å². The Morgan fingerprint density at radius 2 is 1.90 bits per heavy atom. The quantitative estimate of drug-likeness (QED) is 0.679. The highest BCUT2D eigenvalue weighted by molar-refractivity contribution is 5.84. The van der Waals surface area contributed by atoms with Crippen LogP contribution in [-0.4, -0.2) is 28.7 Å². The van der Waals surface area contributed by atoms with Crippen molar-refractivity contribution >= 4 is 5.91 Å². The zero-order valence-corrected chi connectivity index (χ0v) is 13.2. The first-order valence-electron chi connectivity index (χ1n) is 7.21. The van der Waals surface area contributed by atoms with Crippen LogP contribution >= 0.6 is 0 Å². The molecule has 0 aliphatic heterocycles. The number of hydrogen-bond donors (Lipinski definition) is 3. The summed E-state index contributed by atoms with van der Waals surface area (Å²) in [5.74, 6) is 0.318. The molecule has 0 heterocycles. The molecule has 5 heteroatoms. The fraction of sp³-hybridized carbons (Fsp3) is 0.562. The second-order valence-electron chi connectivity index (χ2n) is 5.93. The van der Waals surface area contributed by atoms with Gasteiger partial charge < -0.3 is 20.9 Å². The van der Waals surface area contributed by atoms with E-state index in [2.05, 4.69) is 5.32 Å². The Bertz CT molecular complexity index is 459. The summed E-state index contributed by atoms with van der Waals surface area (Å²) >= 11 is 0. The van der Waals surface area contributed by atoms with Crippen molar-refractivity contribution in [1.29, 1.82) is 0 Å². The summed E-state index contributed by atoms with van der Waals surface area (Å²) < 4.78 is 5.81. The molecular formula is C16H26N2O3. The molecule has 2 atom stereocenters. The molecule has 1 aromatic rings. The van der Waals surface area contributed by atoms with Crippen molar-refractivity contribution in [2.45, 2.75) is 58.4 Å². The van der Waals surface area contributed by atoms with E-state index in [4.69, 9.17) is 15.6 Å². The summed E-state index contributed by atoms with van der Waals surface area (Å²) in [5.41, 5.74) is 5.54. The summed E-state index contributed by atoms with van der Waals surface area (Å²) in [5, 5.41) is 12.2. The maximum absolute atomic E-state index is 11.7. The number of aliphatic hydroxyl groups is 1. The van der Waals surface area contributed by atoms with Crippen LogP contribution in [0.25, 0.3) is 0 Å².